The Kier molecular flexibility index (Phi) is 7.28. The van der Waals surface area contributed by atoms with Gasteiger partial charge in [-0.3, -0.25) is 9.67 Å². The van der Waals surface area contributed by atoms with Crippen LogP contribution in [-0.4, -0.2) is 54.0 Å². The molecule has 0 unspecified atom stereocenters. The number of aromatic nitrogens is 5. The van der Waals surface area contributed by atoms with Gasteiger partial charge in [0.1, 0.15) is 28.5 Å². The van der Waals surface area contributed by atoms with Crippen LogP contribution < -0.4 is 5.32 Å². The van der Waals surface area contributed by atoms with Crippen LogP contribution in [0.3, 0.4) is 0 Å². The van der Waals surface area contributed by atoms with Crippen LogP contribution in [0.5, 0.6) is 0 Å². The Morgan fingerprint density at radius 2 is 1.62 bits per heavy atom. The molecule has 1 N–H and O–H groups in total. The first-order chi connectivity index (χ1) is 19.6. The summed E-state index contributed by atoms with van der Waals surface area (Å²) in [5, 5.41) is 11.9. The maximum atomic E-state index is 15.5. The number of hydrogen-bond acceptors (Lipinski definition) is 7. The van der Waals surface area contributed by atoms with Gasteiger partial charge in [0.2, 0.25) is 0 Å². The lowest BCUT2D eigenvalue weighted by Crippen LogP contribution is -2.45. The van der Waals surface area contributed by atoms with Crippen LogP contribution in [-0.2, 0) is 16.5 Å². The Morgan fingerprint density at radius 1 is 0.976 bits per heavy atom. The van der Waals surface area contributed by atoms with E-state index in [0.717, 1.165) is 4.68 Å². The number of amides is 1. The molecule has 222 valence electrons. The van der Waals surface area contributed by atoms with Crippen LogP contribution in [0.4, 0.5) is 18.4 Å². The van der Waals surface area contributed by atoms with Crippen molar-refractivity contribution in [1.29, 1.82) is 0 Å². The van der Waals surface area contributed by atoms with Crippen LogP contribution in [0, 0.1) is 11.6 Å². The van der Waals surface area contributed by atoms with Crippen LogP contribution in [0.25, 0.3) is 33.4 Å². The van der Waals surface area contributed by atoms with Crippen molar-refractivity contribution in [2.75, 3.05) is 0 Å². The van der Waals surface area contributed by atoms with Gasteiger partial charge in [-0.1, -0.05) is 0 Å². The van der Waals surface area contributed by atoms with Crippen molar-refractivity contribution < 1.29 is 27.8 Å². The first kappa shape index (κ1) is 29.2. The predicted molar refractivity (Wildman–Crippen MR) is 152 cm³/mol. The van der Waals surface area contributed by atoms with E-state index in [0.29, 0.717) is 40.6 Å². The summed E-state index contributed by atoms with van der Waals surface area (Å²) >= 11 is 0. The standard InChI is InChI=1S/C30H34F2N6O4/c1-29(2,3)41-27(39)35-19-8-16(9-19)17-10-21(31)25(22(32)11-17)23-12-20-24(14-33-23)38(28(40)42-30(4,5)6)36-26(20)18-13-34-37(7)15-18/h10-16,19H,8-9H2,1-7H3,(H,35,39). The third-order valence-corrected chi connectivity index (χ3v) is 6.76. The van der Waals surface area contributed by atoms with Crippen LogP contribution >= 0.6 is 0 Å². The summed E-state index contributed by atoms with van der Waals surface area (Å²) in [5.41, 5.74) is 0.215. The fourth-order valence-corrected chi connectivity index (χ4v) is 4.91. The fraction of sp³-hybridized carbons (Fsp3) is 0.433. The van der Waals surface area contributed by atoms with Gasteiger partial charge in [0.25, 0.3) is 0 Å². The number of carbonyl (C=O) groups excluding carboxylic acids is 2. The highest BCUT2D eigenvalue weighted by Crippen LogP contribution is 2.40. The molecule has 0 radical (unpaired) electrons. The lowest BCUT2D eigenvalue weighted by molar-refractivity contribution is 0.0468. The van der Waals surface area contributed by atoms with Crippen molar-refractivity contribution in [3.8, 4) is 22.5 Å². The second-order valence-corrected chi connectivity index (χ2v) is 12.6. The summed E-state index contributed by atoms with van der Waals surface area (Å²) in [4.78, 5) is 29.3. The number of pyridine rings is 1. The quantitative estimate of drug-likeness (QED) is 0.300. The van der Waals surface area contributed by atoms with Crippen molar-refractivity contribution >= 4 is 23.1 Å². The van der Waals surface area contributed by atoms with Gasteiger partial charge in [-0.15, -0.1) is 0 Å². The summed E-state index contributed by atoms with van der Waals surface area (Å²) in [6.45, 7) is 10.6. The molecule has 1 aliphatic rings. The summed E-state index contributed by atoms with van der Waals surface area (Å²) in [7, 11) is 1.74. The van der Waals surface area contributed by atoms with Gasteiger partial charge in [-0.05, 0) is 84.1 Å². The zero-order valence-corrected chi connectivity index (χ0v) is 24.7. The first-order valence-corrected chi connectivity index (χ1v) is 13.7. The molecule has 1 saturated carbocycles. The molecule has 0 bridgehead atoms. The van der Waals surface area contributed by atoms with Crippen LogP contribution in [0.15, 0.2) is 36.8 Å². The topological polar surface area (TPSA) is 113 Å². The number of benzene rings is 1. The van der Waals surface area contributed by atoms with Gasteiger partial charge < -0.3 is 14.8 Å². The zero-order chi connectivity index (χ0) is 30.6. The fourth-order valence-electron chi connectivity index (χ4n) is 4.91. The molecule has 0 saturated heterocycles. The Labute approximate surface area is 242 Å². The van der Waals surface area contributed by atoms with Crippen molar-refractivity contribution in [1.82, 2.24) is 29.9 Å². The lowest BCUT2D eigenvalue weighted by Gasteiger charge is -2.36. The molecule has 0 aliphatic heterocycles. The number of halogens is 2. The number of alkyl carbamates (subject to hydrolysis) is 1. The van der Waals surface area contributed by atoms with Crippen molar-refractivity contribution in [2.24, 2.45) is 7.05 Å². The maximum Gasteiger partial charge on any atom is 0.435 e. The third-order valence-electron chi connectivity index (χ3n) is 6.76. The Balaban J connectivity index is 1.44. The molecule has 0 atom stereocenters. The van der Waals surface area contributed by atoms with E-state index in [2.05, 4.69) is 20.5 Å². The number of carbonyl (C=O) groups is 2. The number of nitrogens with one attached hydrogen (secondary N) is 1. The molecule has 1 aromatic carbocycles. The van der Waals surface area contributed by atoms with E-state index < -0.39 is 35.0 Å². The molecule has 0 spiro atoms. The average molecular weight is 581 g/mol. The zero-order valence-electron chi connectivity index (χ0n) is 24.7. The van der Waals surface area contributed by atoms with Gasteiger partial charge in [0, 0.05) is 30.2 Å². The second kappa shape index (κ2) is 10.5. The molecule has 1 aliphatic carbocycles. The van der Waals surface area contributed by atoms with Crippen molar-refractivity contribution in [3.63, 3.8) is 0 Å². The highest BCUT2D eigenvalue weighted by Gasteiger charge is 2.34. The van der Waals surface area contributed by atoms with E-state index in [1.54, 1.807) is 65.7 Å². The minimum Gasteiger partial charge on any atom is -0.444 e. The summed E-state index contributed by atoms with van der Waals surface area (Å²) < 4.78 is 44.4. The van der Waals surface area contributed by atoms with Crippen molar-refractivity contribution in [3.05, 3.63) is 54.0 Å². The Bertz CT molecular complexity index is 1650. The predicted octanol–water partition coefficient (Wildman–Crippen LogP) is 6.33. The third kappa shape index (κ3) is 6.12. The Morgan fingerprint density at radius 3 is 2.19 bits per heavy atom. The molecule has 42 heavy (non-hydrogen) atoms. The SMILES string of the molecule is Cn1cc(-c2nn(C(=O)OC(C)(C)C)c3cnc(-c4c(F)cc(C5CC(NC(=O)OC(C)(C)C)C5)cc4F)cc23)cn1. The lowest BCUT2D eigenvalue weighted by atomic mass is 9.75. The van der Waals surface area contributed by atoms with Gasteiger partial charge in [0.15, 0.2) is 0 Å². The van der Waals surface area contributed by atoms with Crippen LogP contribution in [0.2, 0.25) is 0 Å². The summed E-state index contributed by atoms with van der Waals surface area (Å²) in [5.74, 6) is -1.63. The molecule has 3 aromatic heterocycles. The first-order valence-electron chi connectivity index (χ1n) is 13.7. The molecular formula is C30H34F2N6O4. The molecule has 12 heteroatoms. The number of ether oxygens (including phenoxy) is 2. The number of hydrogen-bond donors (Lipinski definition) is 1. The molecule has 3 heterocycles. The molecule has 4 aromatic rings. The minimum absolute atomic E-state index is 0.0519. The maximum absolute atomic E-state index is 15.5. The monoisotopic (exact) mass is 580 g/mol. The highest BCUT2D eigenvalue weighted by atomic mass is 19.1. The normalized spacial score (nSPS) is 17.2. The number of aryl methyl sites for hydroxylation is 1. The molecule has 1 fully saturated rings. The van der Waals surface area contributed by atoms with E-state index in [9.17, 15) is 9.59 Å². The van der Waals surface area contributed by atoms with E-state index in [1.807, 2.05) is 0 Å². The average Bonchev–Trinajstić information content (AvgIpc) is 3.41. The van der Waals surface area contributed by atoms with Gasteiger partial charge in [0.05, 0.1) is 29.2 Å². The molecule has 10 nitrogen and oxygen atoms in total. The number of fused-ring (bicyclic) bond motifs is 1. The van der Waals surface area contributed by atoms with Gasteiger partial charge >= 0.3 is 12.2 Å². The van der Waals surface area contributed by atoms with Gasteiger partial charge in [-0.25, -0.2) is 18.4 Å². The highest BCUT2D eigenvalue weighted by molar-refractivity contribution is 5.98. The summed E-state index contributed by atoms with van der Waals surface area (Å²) in [6, 6.07) is 4.00. The second-order valence-electron chi connectivity index (χ2n) is 12.6. The largest absolute Gasteiger partial charge is 0.444 e. The van der Waals surface area contributed by atoms with E-state index >= 15 is 8.78 Å². The molecule has 1 amide bonds. The Hall–Kier alpha value is -4.35. The van der Waals surface area contributed by atoms with E-state index in [-0.39, 0.29) is 23.2 Å². The summed E-state index contributed by atoms with van der Waals surface area (Å²) in [6.07, 6.45) is 4.52. The van der Waals surface area contributed by atoms with E-state index in [1.165, 1.54) is 24.4 Å². The minimum atomic E-state index is -0.766. The van der Waals surface area contributed by atoms with Crippen molar-refractivity contribution in [2.45, 2.75) is 77.5 Å². The molecular weight excluding hydrogens is 546 g/mol. The van der Waals surface area contributed by atoms with Gasteiger partial charge in [-0.2, -0.15) is 14.9 Å². The molecule has 5 rings (SSSR count). The van der Waals surface area contributed by atoms with Crippen LogP contribution in [0.1, 0.15) is 65.9 Å². The van der Waals surface area contributed by atoms with E-state index in [4.69, 9.17) is 9.47 Å². The number of nitrogens with zero attached hydrogens (tertiary/aromatic N) is 5. The number of rotatable bonds is 4. The smallest absolute Gasteiger partial charge is 0.435 e.